The fourth-order valence-electron chi connectivity index (χ4n) is 6.69. The van der Waals surface area contributed by atoms with Crippen LogP contribution in [0, 0.1) is 28.6 Å². The van der Waals surface area contributed by atoms with E-state index in [2.05, 4.69) is 42.6 Å². The number of nitrogens with one attached hydrogen (secondary N) is 1. The molecule has 146 valence electrons. The molecule has 0 saturated heterocycles. The second kappa shape index (κ2) is 6.43. The summed E-state index contributed by atoms with van der Waals surface area (Å²) >= 11 is 0. The Balaban J connectivity index is 1.39. The highest BCUT2D eigenvalue weighted by Crippen LogP contribution is 2.63. The highest BCUT2D eigenvalue weighted by atomic mass is 16.1. The average molecular weight is 375 g/mol. The minimum atomic E-state index is -0.0383. The number of allylic oxidation sites excluding steroid dienone is 4. The molecule has 3 nitrogen and oxygen atoms in total. The Morgan fingerprint density at radius 2 is 1.86 bits per heavy atom. The van der Waals surface area contributed by atoms with Gasteiger partial charge in [-0.2, -0.15) is 5.10 Å². The van der Waals surface area contributed by atoms with E-state index in [-0.39, 0.29) is 10.8 Å². The first-order chi connectivity index (χ1) is 13.5. The van der Waals surface area contributed by atoms with Crippen molar-refractivity contribution in [3.05, 3.63) is 54.1 Å². The largest absolute Gasteiger partial charge is 0.299 e. The molecule has 3 fully saturated rings. The van der Waals surface area contributed by atoms with Gasteiger partial charge in [0.1, 0.15) is 5.78 Å². The van der Waals surface area contributed by atoms with Crippen molar-refractivity contribution in [3.63, 3.8) is 0 Å². The fourth-order valence-corrected chi connectivity index (χ4v) is 6.69. The van der Waals surface area contributed by atoms with Crippen LogP contribution in [0.4, 0.5) is 5.69 Å². The van der Waals surface area contributed by atoms with Gasteiger partial charge in [-0.05, 0) is 74.1 Å². The molecule has 4 aliphatic rings. The minimum Gasteiger partial charge on any atom is -0.299 e. The summed E-state index contributed by atoms with van der Waals surface area (Å²) in [6.07, 6.45) is 13.4. The second-order valence-electron chi connectivity index (χ2n) is 9.63. The summed E-state index contributed by atoms with van der Waals surface area (Å²) in [7, 11) is 0. The van der Waals surface area contributed by atoms with Gasteiger partial charge < -0.3 is 0 Å². The Bertz CT molecular complexity index is 883. The Kier molecular flexibility index (Phi) is 4.12. The monoisotopic (exact) mass is 374 g/mol. The average Bonchev–Trinajstić information content (AvgIpc) is 3.02. The van der Waals surface area contributed by atoms with Gasteiger partial charge in [0.15, 0.2) is 0 Å². The molecule has 0 aliphatic heterocycles. The second-order valence-corrected chi connectivity index (χ2v) is 9.63. The third kappa shape index (κ3) is 2.62. The molecule has 1 N–H and O–H groups in total. The molecule has 1 aromatic carbocycles. The lowest BCUT2D eigenvalue weighted by atomic mass is 9.48. The first kappa shape index (κ1) is 17.9. The Morgan fingerprint density at radius 1 is 1.04 bits per heavy atom. The number of nitrogens with zero attached hydrogens (tertiary/aromatic N) is 1. The number of para-hydroxylation sites is 1. The first-order valence-corrected chi connectivity index (χ1v) is 10.8. The SMILES string of the molecule is C[C@]12C=C/C(=N/Nc3ccccc3)C=C1CC[C@@H]1[C@@H]2CC[C@]2(C)C(=O)CC[C@@H]12. The van der Waals surface area contributed by atoms with Crippen molar-refractivity contribution in [1.29, 1.82) is 0 Å². The normalized spacial score (nSPS) is 40.5. The van der Waals surface area contributed by atoms with Gasteiger partial charge in [0.05, 0.1) is 11.4 Å². The molecule has 0 radical (unpaired) electrons. The molecular weight excluding hydrogens is 344 g/mol. The first-order valence-electron chi connectivity index (χ1n) is 10.8. The van der Waals surface area contributed by atoms with Crippen LogP contribution >= 0.6 is 0 Å². The van der Waals surface area contributed by atoms with Gasteiger partial charge in [-0.15, -0.1) is 0 Å². The fraction of sp³-hybridized carbons (Fsp3) is 0.520. The van der Waals surface area contributed by atoms with Crippen molar-refractivity contribution < 1.29 is 4.79 Å². The molecule has 0 amide bonds. The van der Waals surface area contributed by atoms with E-state index < -0.39 is 0 Å². The maximum Gasteiger partial charge on any atom is 0.139 e. The molecule has 0 spiro atoms. The summed E-state index contributed by atoms with van der Waals surface area (Å²) in [5.74, 6) is 2.48. The predicted octanol–water partition coefficient (Wildman–Crippen LogP) is 5.76. The summed E-state index contributed by atoms with van der Waals surface area (Å²) in [6, 6.07) is 10.1. The van der Waals surface area contributed by atoms with E-state index in [9.17, 15) is 4.79 Å². The number of benzene rings is 1. The number of hydrazone groups is 1. The zero-order chi connectivity index (χ0) is 19.4. The number of carbonyl (C=O) groups is 1. The van der Waals surface area contributed by atoms with Crippen molar-refractivity contribution >= 4 is 17.2 Å². The number of Topliss-reactive ketones (excluding diaryl/α,β-unsaturated/α-hetero) is 1. The quantitative estimate of drug-likeness (QED) is 0.668. The van der Waals surface area contributed by atoms with Gasteiger partial charge in [0.2, 0.25) is 0 Å². The number of anilines is 1. The number of hydrogen-bond donors (Lipinski definition) is 1. The number of ketones is 1. The number of rotatable bonds is 2. The molecule has 28 heavy (non-hydrogen) atoms. The Morgan fingerprint density at radius 3 is 2.68 bits per heavy atom. The summed E-state index contributed by atoms with van der Waals surface area (Å²) in [6.45, 7) is 4.68. The van der Waals surface area contributed by atoms with E-state index in [0.29, 0.717) is 23.5 Å². The van der Waals surface area contributed by atoms with Gasteiger partial charge >= 0.3 is 0 Å². The van der Waals surface area contributed by atoms with Crippen LogP contribution in [0.1, 0.15) is 52.4 Å². The van der Waals surface area contributed by atoms with E-state index in [1.54, 1.807) is 0 Å². The zero-order valence-corrected chi connectivity index (χ0v) is 16.9. The minimum absolute atomic E-state index is 0.0383. The topological polar surface area (TPSA) is 41.5 Å². The van der Waals surface area contributed by atoms with E-state index in [1.807, 2.05) is 30.3 Å². The van der Waals surface area contributed by atoms with Gasteiger partial charge in [0, 0.05) is 17.3 Å². The van der Waals surface area contributed by atoms with E-state index in [1.165, 1.54) is 18.4 Å². The summed E-state index contributed by atoms with van der Waals surface area (Å²) in [4.78, 5) is 12.6. The van der Waals surface area contributed by atoms with E-state index >= 15 is 0 Å². The van der Waals surface area contributed by atoms with Gasteiger partial charge in [-0.3, -0.25) is 10.2 Å². The third-order valence-corrected chi connectivity index (χ3v) is 8.37. The van der Waals surface area contributed by atoms with Crippen LogP contribution in [0.15, 0.2) is 59.2 Å². The van der Waals surface area contributed by atoms with Gasteiger partial charge in [-0.1, -0.05) is 43.7 Å². The zero-order valence-electron chi connectivity index (χ0n) is 16.9. The van der Waals surface area contributed by atoms with Crippen LogP contribution < -0.4 is 5.43 Å². The van der Waals surface area contributed by atoms with Crippen LogP contribution in [0.3, 0.4) is 0 Å². The lowest BCUT2D eigenvalue weighted by Crippen LogP contribution is -2.49. The molecule has 3 saturated carbocycles. The van der Waals surface area contributed by atoms with E-state index in [0.717, 1.165) is 37.1 Å². The number of carbonyl (C=O) groups excluding carboxylic acids is 1. The highest BCUT2D eigenvalue weighted by molar-refractivity contribution is 6.06. The van der Waals surface area contributed by atoms with Crippen molar-refractivity contribution in [2.45, 2.75) is 52.4 Å². The number of hydrogen-bond acceptors (Lipinski definition) is 3. The lowest BCUT2D eigenvalue weighted by molar-refractivity contribution is -0.131. The molecule has 0 heterocycles. The van der Waals surface area contributed by atoms with Crippen LogP contribution in [-0.2, 0) is 4.79 Å². The molecule has 4 aliphatic carbocycles. The number of fused-ring (bicyclic) bond motifs is 5. The third-order valence-electron chi connectivity index (χ3n) is 8.37. The Labute approximate surface area is 168 Å². The summed E-state index contributed by atoms with van der Waals surface area (Å²) in [5, 5.41) is 4.61. The van der Waals surface area contributed by atoms with Crippen molar-refractivity contribution in [2.75, 3.05) is 5.43 Å². The molecule has 0 unspecified atom stereocenters. The summed E-state index contributed by atoms with van der Waals surface area (Å²) in [5.41, 5.74) is 6.80. The molecule has 1 aromatic rings. The molecule has 5 atom stereocenters. The van der Waals surface area contributed by atoms with Crippen LogP contribution in [0.5, 0.6) is 0 Å². The molecule has 3 heteroatoms. The van der Waals surface area contributed by atoms with Crippen LogP contribution in [-0.4, -0.2) is 11.5 Å². The maximum atomic E-state index is 12.6. The maximum absolute atomic E-state index is 12.6. The van der Waals surface area contributed by atoms with Gasteiger partial charge in [0.25, 0.3) is 0 Å². The predicted molar refractivity (Wildman–Crippen MR) is 114 cm³/mol. The smallest absolute Gasteiger partial charge is 0.139 e. The van der Waals surface area contributed by atoms with Crippen LogP contribution in [0.25, 0.3) is 0 Å². The van der Waals surface area contributed by atoms with Crippen molar-refractivity contribution in [2.24, 2.45) is 33.7 Å². The van der Waals surface area contributed by atoms with Crippen molar-refractivity contribution in [1.82, 2.24) is 0 Å². The highest BCUT2D eigenvalue weighted by Gasteiger charge is 2.58. The summed E-state index contributed by atoms with van der Waals surface area (Å²) < 4.78 is 0. The van der Waals surface area contributed by atoms with Gasteiger partial charge in [-0.25, -0.2) is 0 Å². The Hall–Kier alpha value is -2.16. The molecule has 0 bridgehead atoms. The van der Waals surface area contributed by atoms with E-state index in [4.69, 9.17) is 0 Å². The molecule has 5 rings (SSSR count). The lowest BCUT2D eigenvalue weighted by Gasteiger charge is -2.55. The van der Waals surface area contributed by atoms with Crippen molar-refractivity contribution in [3.8, 4) is 0 Å². The standard InChI is InChI=1S/C25H30N2O/c1-24-14-12-19(27-26-18-6-4-3-5-7-18)16-17(24)8-9-20-21-10-11-23(28)25(21,2)15-13-22(20)24/h3-7,12,14,16,20-22,26H,8-11,13,15H2,1-2H3/b27-19-/t20-,21-,22-,24-,25-/m0/s1. The molecular formula is C25H30N2O. The van der Waals surface area contributed by atoms with Crippen LogP contribution in [0.2, 0.25) is 0 Å². The molecule has 0 aromatic heterocycles.